The van der Waals surface area contributed by atoms with Gasteiger partial charge < -0.3 is 14.5 Å². The van der Waals surface area contributed by atoms with Crippen LogP contribution in [0.4, 0.5) is 18.9 Å². The number of ether oxygens (including phenoxy) is 1. The van der Waals surface area contributed by atoms with E-state index in [2.05, 4.69) is 0 Å². The largest absolute Gasteiger partial charge is 0.497 e. The second-order valence-electron chi connectivity index (χ2n) is 8.43. The van der Waals surface area contributed by atoms with Gasteiger partial charge in [-0.2, -0.15) is 13.2 Å². The summed E-state index contributed by atoms with van der Waals surface area (Å²) in [6.07, 6.45) is -4.50. The smallest absolute Gasteiger partial charge is 0.416 e. The second-order valence-corrected chi connectivity index (χ2v) is 10.2. The maximum atomic E-state index is 14.1. The number of halogens is 4. The number of amides is 2. The molecule has 1 unspecified atom stereocenters. The van der Waals surface area contributed by atoms with Crippen molar-refractivity contribution < 1.29 is 27.5 Å². The number of nitrogens with zero attached hydrogens (tertiary/aromatic N) is 2. The Morgan fingerprint density at radius 1 is 1.11 bits per heavy atom. The molecule has 1 fully saturated rings. The normalized spacial score (nSPS) is 19.2. The highest BCUT2D eigenvalue weighted by atomic mass is 35.5. The van der Waals surface area contributed by atoms with Crippen LogP contribution >= 0.6 is 23.4 Å². The van der Waals surface area contributed by atoms with Crippen molar-refractivity contribution in [1.82, 2.24) is 4.90 Å². The number of rotatable bonds is 4. The van der Waals surface area contributed by atoms with Crippen LogP contribution in [0.5, 0.6) is 5.75 Å². The van der Waals surface area contributed by atoms with Gasteiger partial charge in [0.15, 0.2) is 4.87 Å². The van der Waals surface area contributed by atoms with Gasteiger partial charge in [0, 0.05) is 28.4 Å². The van der Waals surface area contributed by atoms with Crippen LogP contribution in [-0.4, -0.2) is 36.1 Å². The fraction of sp³-hybridized carbons (Fsp3) is 0.231. The molecule has 1 spiro atoms. The summed E-state index contributed by atoms with van der Waals surface area (Å²) in [5.74, 6) is 0.266. The summed E-state index contributed by atoms with van der Waals surface area (Å²) in [6, 6.07) is 16.5. The second kappa shape index (κ2) is 9.05. The minimum absolute atomic E-state index is 0.0798. The maximum Gasteiger partial charge on any atom is 0.416 e. The van der Waals surface area contributed by atoms with Crippen molar-refractivity contribution in [3.05, 3.63) is 94.0 Å². The molecular weight excluding hydrogens is 513 g/mol. The topological polar surface area (TPSA) is 49.9 Å². The van der Waals surface area contributed by atoms with Crippen LogP contribution in [0, 0.1) is 0 Å². The van der Waals surface area contributed by atoms with E-state index < -0.39 is 16.6 Å². The zero-order valence-electron chi connectivity index (χ0n) is 19.0. The molecule has 5 nitrogen and oxygen atoms in total. The quantitative estimate of drug-likeness (QED) is 0.416. The van der Waals surface area contributed by atoms with Crippen LogP contribution in [0.1, 0.15) is 27.0 Å². The zero-order chi connectivity index (χ0) is 25.7. The number of benzene rings is 3. The maximum absolute atomic E-state index is 14.1. The molecule has 0 saturated carbocycles. The van der Waals surface area contributed by atoms with E-state index in [1.165, 1.54) is 34.7 Å². The van der Waals surface area contributed by atoms with Gasteiger partial charge in [0.25, 0.3) is 11.8 Å². The Balaban J connectivity index is 1.59. The summed E-state index contributed by atoms with van der Waals surface area (Å²) in [6.45, 7) is 0.236. The zero-order valence-corrected chi connectivity index (χ0v) is 20.6. The molecule has 36 heavy (non-hydrogen) atoms. The molecule has 5 rings (SSSR count). The molecule has 2 heterocycles. The van der Waals surface area contributed by atoms with E-state index >= 15 is 0 Å². The summed E-state index contributed by atoms with van der Waals surface area (Å²) in [5.41, 5.74) is 0.975. The van der Waals surface area contributed by atoms with Crippen LogP contribution in [0.15, 0.2) is 66.7 Å². The molecule has 10 heteroatoms. The molecule has 1 atom stereocenters. The van der Waals surface area contributed by atoms with Crippen molar-refractivity contribution in [2.24, 2.45) is 0 Å². The first-order valence-electron chi connectivity index (χ1n) is 11.0. The first-order valence-corrected chi connectivity index (χ1v) is 12.4. The highest BCUT2D eigenvalue weighted by Gasteiger charge is 2.59. The molecule has 0 aromatic heterocycles. The molecule has 3 aromatic carbocycles. The Kier molecular flexibility index (Phi) is 6.16. The molecule has 0 radical (unpaired) electrons. The molecule has 186 valence electrons. The van der Waals surface area contributed by atoms with E-state index in [0.29, 0.717) is 45.4 Å². The number of carbonyl (C=O) groups excluding carboxylic acids is 2. The van der Waals surface area contributed by atoms with Gasteiger partial charge >= 0.3 is 6.18 Å². The first kappa shape index (κ1) is 24.5. The lowest BCUT2D eigenvalue weighted by atomic mass is 10.0. The molecule has 1 saturated heterocycles. The van der Waals surface area contributed by atoms with Crippen LogP contribution in [0.3, 0.4) is 0 Å². The Morgan fingerprint density at radius 2 is 1.89 bits per heavy atom. The van der Waals surface area contributed by atoms with Crippen LogP contribution < -0.4 is 9.64 Å². The van der Waals surface area contributed by atoms with E-state index in [-0.39, 0.29) is 18.4 Å². The lowest BCUT2D eigenvalue weighted by molar-refractivity contribution is -0.137. The van der Waals surface area contributed by atoms with E-state index in [1.807, 2.05) is 0 Å². The van der Waals surface area contributed by atoms with E-state index in [9.17, 15) is 22.8 Å². The number of thioether (sulfide) groups is 1. The molecule has 0 aliphatic carbocycles. The van der Waals surface area contributed by atoms with E-state index in [4.69, 9.17) is 16.3 Å². The van der Waals surface area contributed by atoms with Crippen molar-refractivity contribution in [3.63, 3.8) is 0 Å². The molecular formula is C26H20ClF3N2O3S. The Morgan fingerprint density at radius 3 is 2.61 bits per heavy atom. The first-order chi connectivity index (χ1) is 17.1. The van der Waals surface area contributed by atoms with Gasteiger partial charge in [0.1, 0.15) is 5.75 Å². The lowest BCUT2D eigenvalue weighted by Gasteiger charge is -2.33. The van der Waals surface area contributed by atoms with Crippen molar-refractivity contribution in [1.29, 1.82) is 0 Å². The molecule has 2 aliphatic rings. The predicted octanol–water partition coefficient (Wildman–Crippen LogP) is 5.96. The SMILES string of the molecule is COc1ccc2c(c1)C1(SCCN1C(=O)c1cccc(Cl)c1)C(=O)N2Cc1cccc(C(F)(F)F)c1. The summed E-state index contributed by atoms with van der Waals surface area (Å²) in [5, 5.41) is 0.396. The number of hydrogen-bond donors (Lipinski definition) is 0. The van der Waals surface area contributed by atoms with Gasteiger partial charge in [-0.25, -0.2) is 0 Å². The molecule has 2 aliphatic heterocycles. The van der Waals surface area contributed by atoms with E-state index in [0.717, 1.165) is 12.1 Å². The Hall–Kier alpha value is -3.17. The summed E-state index contributed by atoms with van der Waals surface area (Å²) < 4.78 is 45.3. The fourth-order valence-corrected chi connectivity index (χ4v) is 6.33. The van der Waals surface area contributed by atoms with Gasteiger partial charge in [-0.05, 0) is 54.1 Å². The average molecular weight is 533 g/mol. The highest BCUT2D eigenvalue weighted by molar-refractivity contribution is 8.01. The third-order valence-electron chi connectivity index (χ3n) is 6.31. The molecule has 2 amide bonds. The minimum Gasteiger partial charge on any atom is -0.497 e. The van der Waals surface area contributed by atoms with Gasteiger partial charge in [-0.1, -0.05) is 29.8 Å². The number of hydrogen-bond acceptors (Lipinski definition) is 4. The highest BCUT2D eigenvalue weighted by Crippen LogP contribution is 2.55. The number of carbonyl (C=O) groups is 2. The number of fused-ring (bicyclic) bond motifs is 2. The molecule has 3 aromatic rings. The Labute approximate surface area is 214 Å². The third-order valence-corrected chi connectivity index (χ3v) is 7.97. The van der Waals surface area contributed by atoms with Gasteiger partial charge in [-0.3, -0.25) is 9.59 Å². The predicted molar refractivity (Wildman–Crippen MR) is 132 cm³/mol. The van der Waals surface area contributed by atoms with Crippen LogP contribution in [-0.2, 0) is 22.4 Å². The van der Waals surface area contributed by atoms with Crippen molar-refractivity contribution in [2.45, 2.75) is 17.6 Å². The monoisotopic (exact) mass is 532 g/mol. The van der Waals surface area contributed by atoms with Crippen LogP contribution in [0.25, 0.3) is 0 Å². The molecule has 0 bridgehead atoms. The summed E-state index contributed by atoms with van der Waals surface area (Å²) >= 11 is 7.43. The van der Waals surface area contributed by atoms with Crippen molar-refractivity contribution in [3.8, 4) is 5.75 Å². The van der Waals surface area contributed by atoms with Gasteiger partial charge in [0.05, 0.1) is 24.9 Å². The third kappa shape index (κ3) is 4.00. The summed E-state index contributed by atoms with van der Waals surface area (Å²) in [7, 11) is 1.50. The standard InChI is InChI=1S/C26H20ClF3N2O3S/c1-35-20-8-9-22-21(14-20)25(32(10-11-36-25)23(33)17-5-3-7-19(27)13-17)24(34)31(22)15-16-4-2-6-18(12-16)26(28,29)30/h2-9,12-14H,10-11,15H2,1H3. The fourth-order valence-electron chi connectivity index (χ4n) is 4.68. The number of methoxy groups -OCH3 is 1. The number of alkyl halides is 3. The van der Waals surface area contributed by atoms with Gasteiger partial charge in [-0.15, -0.1) is 11.8 Å². The Bertz CT molecular complexity index is 1370. The summed E-state index contributed by atoms with van der Waals surface area (Å²) in [4.78, 5) is 29.3. The van der Waals surface area contributed by atoms with Crippen LogP contribution in [0.2, 0.25) is 5.02 Å². The average Bonchev–Trinajstić information content (AvgIpc) is 3.40. The van der Waals surface area contributed by atoms with E-state index in [1.54, 1.807) is 48.5 Å². The number of anilines is 1. The lowest BCUT2D eigenvalue weighted by Crippen LogP contribution is -2.50. The van der Waals surface area contributed by atoms with Crippen molar-refractivity contribution in [2.75, 3.05) is 24.3 Å². The van der Waals surface area contributed by atoms with Gasteiger partial charge in [0.2, 0.25) is 0 Å². The minimum atomic E-state index is -4.50. The molecule has 0 N–H and O–H groups in total. The van der Waals surface area contributed by atoms with Crippen molar-refractivity contribution >= 4 is 40.9 Å².